The van der Waals surface area contributed by atoms with Crippen LogP contribution in [0.2, 0.25) is 0 Å². The van der Waals surface area contributed by atoms with Crippen LogP contribution >= 0.6 is 0 Å². The van der Waals surface area contributed by atoms with Gasteiger partial charge in [0.2, 0.25) is 0 Å². The summed E-state index contributed by atoms with van der Waals surface area (Å²) in [5, 5.41) is 3.60. The fraction of sp³-hybridized carbons (Fsp3) is 0.571. The molecule has 1 aromatic carbocycles. The van der Waals surface area contributed by atoms with Gasteiger partial charge in [-0.3, -0.25) is 0 Å². The van der Waals surface area contributed by atoms with Crippen LogP contribution in [0.3, 0.4) is 0 Å². The Morgan fingerprint density at radius 2 is 1.94 bits per heavy atom. The van der Waals surface area contributed by atoms with E-state index in [1.165, 1.54) is 17.7 Å². The van der Waals surface area contributed by atoms with E-state index in [1.807, 2.05) is 0 Å². The molecule has 0 saturated carbocycles. The second-order valence-electron chi connectivity index (χ2n) is 5.33. The lowest BCUT2D eigenvalue weighted by Crippen LogP contribution is -2.39. The molecule has 0 aliphatic carbocycles. The van der Waals surface area contributed by atoms with Crippen LogP contribution < -0.4 is 10.2 Å². The fourth-order valence-corrected chi connectivity index (χ4v) is 2.30. The lowest BCUT2D eigenvalue weighted by molar-refractivity contribution is 0.394. The molecule has 1 aromatic rings. The van der Waals surface area contributed by atoms with Gasteiger partial charge in [0, 0.05) is 30.9 Å². The first-order valence-corrected chi connectivity index (χ1v) is 6.14. The van der Waals surface area contributed by atoms with Crippen LogP contribution in [0.25, 0.3) is 0 Å². The molecular weight excluding hydrogens is 196 g/mol. The minimum Gasteiger partial charge on any atom is -0.370 e. The third-order valence-electron chi connectivity index (χ3n) is 3.45. The fourth-order valence-electron chi connectivity index (χ4n) is 2.30. The minimum atomic E-state index is 0.275. The van der Waals surface area contributed by atoms with Gasteiger partial charge < -0.3 is 10.2 Å². The number of aryl methyl sites for hydroxylation is 1. The van der Waals surface area contributed by atoms with Crippen molar-refractivity contribution in [2.24, 2.45) is 0 Å². The zero-order chi connectivity index (χ0) is 11.6. The Morgan fingerprint density at radius 3 is 2.69 bits per heavy atom. The summed E-state index contributed by atoms with van der Waals surface area (Å²) in [4.78, 5) is 2.50. The van der Waals surface area contributed by atoms with E-state index in [4.69, 9.17) is 0 Å². The maximum atomic E-state index is 3.60. The molecule has 0 amide bonds. The quantitative estimate of drug-likeness (QED) is 0.779. The van der Waals surface area contributed by atoms with Gasteiger partial charge in [-0.1, -0.05) is 18.2 Å². The number of para-hydroxylation sites is 1. The number of hydrogen-bond acceptors (Lipinski definition) is 2. The van der Waals surface area contributed by atoms with Crippen molar-refractivity contribution >= 4 is 5.69 Å². The number of nitrogens with zero attached hydrogens (tertiary/aromatic N) is 1. The predicted octanol–water partition coefficient (Wildman–Crippen LogP) is 2.57. The van der Waals surface area contributed by atoms with Gasteiger partial charge in [-0.15, -0.1) is 0 Å². The summed E-state index contributed by atoms with van der Waals surface area (Å²) < 4.78 is 0. The molecule has 1 saturated heterocycles. The van der Waals surface area contributed by atoms with Gasteiger partial charge in [0.25, 0.3) is 0 Å². The summed E-state index contributed by atoms with van der Waals surface area (Å²) in [6, 6.07) is 8.66. The molecule has 0 bridgehead atoms. The molecular formula is C14H22N2. The van der Waals surface area contributed by atoms with E-state index >= 15 is 0 Å². The van der Waals surface area contributed by atoms with Crippen molar-refractivity contribution in [2.75, 3.05) is 24.5 Å². The second-order valence-corrected chi connectivity index (χ2v) is 5.33. The van der Waals surface area contributed by atoms with E-state index in [1.54, 1.807) is 0 Å². The number of nitrogens with one attached hydrogen (secondary N) is 1. The molecule has 2 rings (SSSR count). The van der Waals surface area contributed by atoms with Crippen molar-refractivity contribution < 1.29 is 0 Å². The first-order valence-electron chi connectivity index (χ1n) is 6.14. The first-order chi connectivity index (χ1) is 7.58. The van der Waals surface area contributed by atoms with E-state index in [-0.39, 0.29) is 5.54 Å². The van der Waals surface area contributed by atoms with Gasteiger partial charge in [-0.05, 0) is 38.8 Å². The van der Waals surface area contributed by atoms with Gasteiger partial charge in [0.05, 0.1) is 0 Å². The van der Waals surface area contributed by atoms with Crippen LogP contribution in [0.5, 0.6) is 0 Å². The maximum Gasteiger partial charge on any atom is 0.0396 e. The first kappa shape index (κ1) is 11.5. The normalized spacial score (nSPS) is 20.6. The standard InChI is InChI=1S/C14H22N2/c1-12-6-4-5-7-13(12)16-10-8-14(2,3)15-9-11-16/h4-7,15H,8-11H2,1-3H3. The number of hydrogen-bond donors (Lipinski definition) is 1. The average molecular weight is 218 g/mol. The van der Waals surface area contributed by atoms with E-state index in [0.717, 1.165) is 19.6 Å². The molecule has 0 atom stereocenters. The zero-order valence-corrected chi connectivity index (χ0v) is 10.6. The summed E-state index contributed by atoms with van der Waals surface area (Å²) in [7, 11) is 0. The Labute approximate surface area is 98.7 Å². The van der Waals surface area contributed by atoms with Crippen molar-refractivity contribution in [1.29, 1.82) is 0 Å². The van der Waals surface area contributed by atoms with Gasteiger partial charge in [-0.2, -0.15) is 0 Å². The van der Waals surface area contributed by atoms with E-state index in [0.29, 0.717) is 0 Å². The highest BCUT2D eigenvalue weighted by Crippen LogP contribution is 2.22. The summed E-state index contributed by atoms with van der Waals surface area (Å²) in [5.41, 5.74) is 3.04. The molecule has 1 fully saturated rings. The molecule has 16 heavy (non-hydrogen) atoms. The third kappa shape index (κ3) is 2.56. The monoisotopic (exact) mass is 218 g/mol. The Bertz CT molecular complexity index is 358. The highest BCUT2D eigenvalue weighted by Gasteiger charge is 2.22. The summed E-state index contributed by atoms with van der Waals surface area (Å²) >= 11 is 0. The second kappa shape index (κ2) is 4.46. The number of rotatable bonds is 1. The van der Waals surface area contributed by atoms with Gasteiger partial charge in [0.15, 0.2) is 0 Å². The van der Waals surface area contributed by atoms with Crippen LogP contribution in [-0.4, -0.2) is 25.2 Å². The Kier molecular flexibility index (Phi) is 3.20. The van der Waals surface area contributed by atoms with E-state index in [9.17, 15) is 0 Å². The van der Waals surface area contributed by atoms with Crippen molar-refractivity contribution in [3.8, 4) is 0 Å². The van der Waals surface area contributed by atoms with Crippen LogP contribution in [0.4, 0.5) is 5.69 Å². The average Bonchev–Trinajstić information content (AvgIpc) is 2.40. The maximum absolute atomic E-state index is 3.60. The molecule has 1 N–H and O–H groups in total. The van der Waals surface area contributed by atoms with Crippen molar-refractivity contribution in [2.45, 2.75) is 32.7 Å². The Hall–Kier alpha value is -1.02. The summed E-state index contributed by atoms with van der Waals surface area (Å²) in [6.45, 7) is 10.1. The van der Waals surface area contributed by atoms with Gasteiger partial charge >= 0.3 is 0 Å². The zero-order valence-electron chi connectivity index (χ0n) is 10.6. The van der Waals surface area contributed by atoms with Gasteiger partial charge in [-0.25, -0.2) is 0 Å². The highest BCUT2D eigenvalue weighted by atomic mass is 15.2. The lowest BCUT2D eigenvalue weighted by Gasteiger charge is -2.25. The number of benzene rings is 1. The Morgan fingerprint density at radius 1 is 1.19 bits per heavy atom. The largest absolute Gasteiger partial charge is 0.370 e. The number of anilines is 1. The minimum absolute atomic E-state index is 0.275. The SMILES string of the molecule is Cc1ccccc1N1CCNC(C)(C)CC1. The Balaban J connectivity index is 2.14. The van der Waals surface area contributed by atoms with Gasteiger partial charge in [0.1, 0.15) is 0 Å². The van der Waals surface area contributed by atoms with Crippen LogP contribution in [0.1, 0.15) is 25.8 Å². The predicted molar refractivity (Wildman–Crippen MR) is 70.1 cm³/mol. The third-order valence-corrected chi connectivity index (χ3v) is 3.45. The molecule has 1 heterocycles. The highest BCUT2D eigenvalue weighted by molar-refractivity contribution is 5.53. The van der Waals surface area contributed by atoms with Crippen molar-refractivity contribution in [3.05, 3.63) is 29.8 Å². The molecule has 2 nitrogen and oxygen atoms in total. The molecule has 0 unspecified atom stereocenters. The molecule has 88 valence electrons. The van der Waals surface area contributed by atoms with E-state index < -0.39 is 0 Å². The lowest BCUT2D eigenvalue weighted by atomic mass is 10.0. The molecule has 0 radical (unpaired) electrons. The molecule has 0 spiro atoms. The topological polar surface area (TPSA) is 15.3 Å². The smallest absolute Gasteiger partial charge is 0.0396 e. The van der Waals surface area contributed by atoms with Crippen LogP contribution in [-0.2, 0) is 0 Å². The van der Waals surface area contributed by atoms with Crippen LogP contribution in [0.15, 0.2) is 24.3 Å². The molecule has 1 aliphatic heterocycles. The molecule has 0 aromatic heterocycles. The summed E-state index contributed by atoms with van der Waals surface area (Å²) in [6.07, 6.45) is 1.20. The van der Waals surface area contributed by atoms with Crippen molar-refractivity contribution in [3.63, 3.8) is 0 Å². The van der Waals surface area contributed by atoms with E-state index in [2.05, 4.69) is 55.3 Å². The molecule has 1 aliphatic rings. The molecule has 2 heteroatoms. The van der Waals surface area contributed by atoms with Crippen LogP contribution in [0, 0.1) is 6.92 Å². The van der Waals surface area contributed by atoms with Crippen molar-refractivity contribution in [1.82, 2.24) is 5.32 Å². The summed E-state index contributed by atoms with van der Waals surface area (Å²) in [5.74, 6) is 0.